The number of benzene rings is 1. The molecule has 17 heavy (non-hydrogen) atoms. The number of carbonyl (C=O) groups is 1. The van der Waals surface area contributed by atoms with E-state index in [0.717, 1.165) is 18.0 Å². The van der Waals surface area contributed by atoms with Gasteiger partial charge < -0.3 is 14.7 Å². The van der Waals surface area contributed by atoms with Crippen molar-refractivity contribution in [2.24, 2.45) is 0 Å². The number of para-hydroxylation sites is 2. The molecule has 0 atom stereocenters. The van der Waals surface area contributed by atoms with Gasteiger partial charge in [-0.3, -0.25) is 4.79 Å². The van der Waals surface area contributed by atoms with Gasteiger partial charge in [0.1, 0.15) is 5.75 Å². The monoisotopic (exact) mass is 237 g/mol. The van der Waals surface area contributed by atoms with Crippen molar-refractivity contribution in [2.45, 2.75) is 20.3 Å². The van der Waals surface area contributed by atoms with Crippen LogP contribution in [0, 0.1) is 0 Å². The van der Waals surface area contributed by atoms with Crippen molar-refractivity contribution in [1.29, 1.82) is 0 Å². The summed E-state index contributed by atoms with van der Waals surface area (Å²) in [6.45, 7) is 5.80. The van der Waals surface area contributed by atoms with Crippen molar-refractivity contribution in [3.8, 4) is 5.75 Å². The van der Waals surface area contributed by atoms with E-state index in [2.05, 4.69) is 0 Å². The minimum Gasteiger partial charge on any atom is -0.492 e. The third-order valence-corrected chi connectivity index (χ3v) is 2.48. The molecule has 0 unspecified atom stereocenters. The Bertz CT molecular complexity index is 365. The smallest absolute Gasteiger partial charge is 0.305 e. The quantitative estimate of drug-likeness (QED) is 0.791. The van der Waals surface area contributed by atoms with E-state index in [1.54, 1.807) is 0 Å². The van der Waals surface area contributed by atoms with Crippen LogP contribution < -0.4 is 9.64 Å². The van der Waals surface area contributed by atoms with Gasteiger partial charge in [0.05, 0.1) is 18.7 Å². The summed E-state index contributed by atoms with van der Waals surface area (Å²) < 4.78 is 5.54. The molecule has 0 fully saturated rings. The van der Waals surface area contributed by atoms with Crippen LogP contribution in [0.3, 0.4) is 0 Å². The standard InChI is InChI=1S/C13H19NO3/c1-3-14(10-9-13(15)16)11-7-5-6-8-12(11)17-4-2/h5-8H,3-4,9-10H2,1-2H3,(H,15,16). The van der Waals surface area contributed by atoms with Gasteiger partial charge in [0, 0.05) is 13.1 Å². The third kappa shape index (κ3) is 3.98. The molecule has 94 valence electrons. The molecule has 0 aliphatic carbocycles. The SMILES string of the molecule is CCOc1ccccc1N(CC)CCC(=O)O. The molecule has 0 radical (unpaired) electrons. The molecule has 1 aromatic carbocycles. The zero-order valence-electron chi connectivity index (χ0n) is 10.3. The molecule has 1 N–H and O–H groups in total. The topological polar surface area (TPSA) is 49.8 Å². The molecule has 4 nitrogen and oxygen atoms in total. The summed E-state index contributed by atoms with van der Waals surface area (Å²) in [5.74, 6) is 0.0274. The van der Waals surface area contributed by atoms with Gasteiger partial charge in [0.2, 0.25) is 0 Å². The highest BCUT2D eigenvalue weighted by molar-refractivity contribution is 5.68. The Labute approximate surface area is 102 Å². The lowest BCUT2D eigenvalue weighted by Gasteiger charge is -2.24. The minimum atomic E-state index is -0.780. The number of nitrogens with zero attached hydrogens (tertiary/aromatic N) is 1. The van der Waals surface area contributed by atoms with E-state index in [1.165, 1.54) is 0 Å². The fraction of sp³-hybridized carbons (Fsp3) is 0.462. The molecular formula is C13H19NO3. The molecule has 0 heterocycles. The Kier molecular flexibility index (Phi) is 5.33. The Balaban J connectivity index is 2.82. The molecule has 0 aliphatic heterocycles. The van der Waals surface area contributed by atoms with E-state index in [1.807, 2.05) is 43.0 Å². The second kappa shape index (κ2) is 6.78. The highest BCUT2D eigenvalue weighted by Gasteiger charge is 2.11. The van der Waals surface area contributed by atoms with E-state index < -0.39 is 5.97 Å². The normalized spacial score (nSPS) is 10.0. The highest BCUT2D eigenvalue weighted by Crippen LogP contribution is 2.27. The number of anilines is 1. The van der Waals surface area contributed by atoms with Crippen molar-refractivity contribution < 1.29 is 14.6 Å². The lowest BCUT2D eigenvalue weighted by Crippen LogP contribution is -2.26. The molecule has 1 aromatic rings. The second-order valence-electron chi connectivity index (χ2n) is 3.62. The fourth-order valence-corrected chi connectivity index (χ4v) is 1.68. The highest BCUT2D eigenvalue weighted by atomic mass is 16.5. The number of carboxylic acids is 1. The van der Waals surface area contributed by atoms with Crippen molar-refractivity contribution in [1.82, 2.24) is 0 Å². The molecule has 0 amide bonds. The summed E-state index contributed by atoms with van der Waals surface area (Å²) in [5.41, 5.74) is 0.957. The fourth-order valence-electron chi connectivity index (χ4n) is 1.68. The van der Waals surface area contributed by atoms with Gasteiger partial charge in [-0.25, -0.2) is 0 Å². The molecule has 0 spiro atoms. The Morgan fingerprint density at radius 2 is 2.06 bits per heavy atom. The zero-order valence-corrected chi connectivity index (χ0v) is 10.3. The maximum atomic E-state index is 10.6. The largest absolute Gasteiger partial charge is 0.492 e. The lowest BCUT2D eigenvalue weighted by molar-refractivity contribution is -0.136. The molecule has 4 heteroatoms. The molecule has 0 saturated heterocycles. The lowest BCUT2D eigenvalue weighted by atomic mass is 10.2. The molecule has 1 rings (SSSR count). The summed E-state index contributed by atoms with van der Waals surface area (Å²) in [7, 11) is 0. The van der Waals surface area contributed by atoms with Gasteiger partial charge in [0.25, 0.3) is 0 Å². The van der Waals surface area contributed by atoms with Gasteiger partial charge in [-0.15, -0.1) is 0 Å². The predicted octanol–water partition coefficient (Wildman–Crippen LogP) is 2.39. The van der Waals surface area contributed by atoms with E-state index in [-0.39, 0.29) is 6.42 Å². The van der Waals surface area contributed by atoms with Crippen LogP contribution >= 0.6 is 0 Å². The van der Waals surface area contributed by atoms with Crippen molar-refractivity contribution >= 4 is 11.7 Å². The summed E-state index contributed by atoms with van der Waals surface area (Å²) in [5, 5.41) is 8.72. The van der Waals surface area contributed by atoms with Crippen LogP contribution in [0.1, 0.15) is 20.3 Å². The first kappa shape index (κ1) is 13.4. The van der Waals surface area contributed by atoms with Gasteiger partial charge in [0.15, 0.2) is 0 Å². The van der Waals surface area contributed by atoms with E-state index in [4.69, 9.17) is 9.84 Å². The van der Waals surface area contributed by atoms with Gasteiger partial charge >= 0.3 is 5.97 Å². The summed E-state index contributed by atoms with van der Waals surface area (Å²) >= 11 is 0. The molecular weight excluding hydrogens is 218 g/mol. The summed E-state index contributed by atoms with van der Waals surface area (Å²) in [6.07, 6.45) is 0.133. The average molecular weight is 237 g/mol. The minimum absolute atomic E-state index is 0.133. The van der Waals surface area contributed by atoms with Crippen LogP contribution in [0.15, 0.2) is 24.3 Å². The van der Waals surface area contributed by atoms with Crippen molar-refractivity contribution in [3.63, 3.8) is 0 Å². The van der Waals surface area contributed by atoms with E-state index in [0.29, 0.717) is 13.2 Å². The summed E-state index contributed by atoms with van der Waals surface area (Å²) in [4.78, 5) is 12.6. The van der Waals surface area contributed by atoms with Crippen LogP contribution in [-0.2, 0) is 4.79 Å². The molecule has 0 saturated carbocycles. The number of ether oxygens (including phenoxy) is 1. The number of hydrogen-bond donors (Lipinski definition) is 1. The van der Waals surface area contributed by atoms with Crippen LogP contribution in [0.4, 0.5) is 5.69 Å². The number of aliphatic carboxylic acids is 1. The maximum Gasteiger partial charge on any atom is 0.305 e. The third-order valence-electron chi connectivity index (χ3n) is 2.48. The van der Waals surface area contributed by atoms with Crippen LogP contribution in [0.5, 0.6) is 5.75 Å². The first-order chi connectivity index (χ1) is 8.19. The maximum absolute atomic E-state index is 10.6. The first-order valence-electron chi connectivity index (χ1n) is 5.87. The molecule has 0 aromatic heterocycles. The first-order valence-corrected chi connectivity index (χ1v) is 5.87. The molecule has 0 bridgehead atoms. The van der Waals surface area contributed by atoms with Gasteiger partial charge in [-0.05, 0) is 26.0 Å². The van der Waals surface area contributed by atoms with Crippen molar-refractivity contribution in [2.75, 3.05) is 24.6 Å². The predicted molar refractivity (Wildman–Crippen MR) is 67.8 cm³/mol. The van der Waals surface area contributed by atoms with Gasteiger partial charge in [-0.2, -0.15) is 0 Å². The zero-order chi connectivity index (χ0) is 12.7. The molecule has 0 aliphatic rings. The van der Waals surface area contributed by atoms with Crippen LogP contribution in [0.25, 0.3) is 0 Å². The average Bonchev–Trinajstić information content (AvgIpc) is 2.32. The second-order valence-corrected chi connectivity index (χ2v) is 3.62. The van der Waals surface area contributed by atoms with E-state index >= 15 is 0 Å². The number of hydrogen-bond acceptors (Lipinski definition) is 3. The Hall–Kier alpha value is -1.71. The summed E-state index contributed by atoms with van der Waals surface area (Å²) in [6, 6.07) is 7.71. The van der Waals surface area contributed by atoms with Crippen LogP contribution in [0.2, 0.25) is 0 Å². The van der Waals surface area contributed by atoms with E-state index in [9.17, 15) is 4.79 Å². The Morgan fingerprint density at radius 1 is 1.35 bits per heavy atom. The number of carboxylic acid groups (broad SMARTS) is 1. The van der Waals surface area contributed by atoms with Crippen molar-refractivity contribution in [3.05, 3.63) is 24.3 Å². The Morgan fingerprint density at radius 3 is 2.65 bits per heavy atom. The number of rotatable bonds is 7. The van der Waals surface area contributed by atoms with Crippen LogP contribution in [-0.4, -0.2) is 30.8 Å². The van der Waals surface area contributed by atoms with Gasteiger partial charge in [-0.1, -0.05) is 12.1 Å².